The molecule has 0 bridgehead atoms. The Hall–Kier alpha value is -1.86. The zero-order chi connectivity index (χ0) is 10.4. The summed E-state index contributed by atoms with van der Waals surface area (Å²) in [5, 5.41) is 17.2. The molecule has 4 nitrogen and oxygen atoms in total. The molecular formula is C10H10N2O2. The minimum absolute atomic E-state index is 0.0522. The van der Waals surface area contributed by atoms with E-state index in [-0.39, 0.29) is 6.54 Å². The number of amides is 1. The van der Waals surface area contributed by atoms with Gasteiger partial charge in [0.2, 0.25) is 0 Å². The third kappa shape index (κ3) is 2.31. The number of aliphatic hydroxyl groups is 1. The molecule has 0 fully saturated rings. The predicted octanol–water partition coefficient (Wildman–Crippen LogP) is 0.535. The minimum atomic E-state index is -0.587. The van der Waals surface area contributed by atoms with Gasteiger partial charge in [-0.05, 0) is 12.1 Å². The molecule has 0 radical (unpaired) electrons. The van der Waals surface area contributed by atoms with Gasteiger partial charge in [-0.1, -0.05) is 18.2 Å². The fourth-order valence-corrected chi connectivity index (χ4v) is 1.09. The van der Waals surface area contributed by atoms with Crippen molar-refractivity contribution in [3.05, 3.63) is 30.3 Å². The second kappa shape index (κ2) is 5.00. The second-order valence-corrected chi connectivity index (χ2v) is 2.63. The van der Waals surface area contributed by atoms with Crippen molar-refractivity contribution in [3.63, 3.8) is 0 Å². The predicted molar refractivity (Wildman–Crippen MR) is 51.5 cm³/mol. The van der Waals surface area contributed by atoms with E-state index in [1.165, 1.54) is 4.90 Å². The summed E-state index contributed by atoms with van der Waals surface area (Å²) in [4.78, 5) is 12.5. The lowest BCUT2D eigenvalue weighted by Gasteiger charge is -2.17. The number of carbonyl (C=O) groups excluding carboxylic acids is 1. The van der Waals surface area contributed by atoms with Crippen molar-refractivity contribution in [2.75, 3.05) is 18.1 Å². The van der Waals surface area contributed by atoms with Gasteiger partial charge in [-0.15, -0.1) is 0 Å². The van der Waals surface area contributed by atoms with Gasteiger partial charge in [0, 0.05) is 5.69 Å². The Kier molecular flexibility index (Phi) is 3.65. The van der Waals surface area contributed by atoms with Crippen molar-refractivity contribution < 1.29 is 9.90 Å². The maximum Gasteiger partial charge on any atom is 0.253 e. The molecule has 0 aliphatic rings. The molecule has 4 heteroatoms. The van der Waals surface area contributed by atoms with Gasteiger partial charge >= 0.3 is 0 Å². The van der Waals surface area contributed by atoms with Gasteiger partial charge in [-0.2, -0.15) is 5.26 Å². The number of nitriles is 1. The highest BCUT2D eigenvalue weighted by Gasteiger charge is 2.13. The molecule has 0 aromatic heterocycles. The maximum atomic E-state index is 11.2. The molecule has 1 N–H and O–H groups in total. The molecule has 1 amide bonds. The molecule has 14 heavy (non-hydrogen) atoms. The number of hydrogen-bond donors (Lipinski definition) is 1. The van der Waals surface area contributed by atoms with E-state index in [1.54, 1.807) is 24.3 Å². The topological polar surface area (TPSA) is 64.3 Å². The van der Waals surface area contributed by atoms with Gasteiger partial charge < -0.3 is 5.11 Å². The SMILES string of the molecule is N#CCN(C(=O)CO)c1ccccc1. The molecule has 1 aromatic carbocycles. The van der Waals surface area contributed by atoms with E-state index in [9.17, 15) is 4.79 Å². The zero-order valence-electron chi connectivity index (χ0n) is 7.55. The number of carbonyl (C=O) groups is 1. The van der Waals surface area contributed by atoms with E-state index < -0.39 is 12.5 Å². The number of anilines is 1. The first-order valence-corrected chi connectivity index (χ1v) is 4.13. The summed E-state index contributed by atoms with van der Waals surface area (Å²) in [6, 6.07) is 10.7. The summed E-state index contributed by atoms with van der Waals surface area (Å²) in [5.41, 5.74) is 0.619. The minimum Gasteiger partial charge on any atom is -0.387 e. The van der Waals surface area contributed by atoms with E-state index in [0.717, 1.165) is 0 Å². The standard InChI is InChI=1S/C10H10N2O2/c11-6-7-12(10(14)8-13)9-4-2-1-3-5-9/h1-5,13H,7-8H2. The Labute approximate surface area is 82.0 Å². The van der Waals surface area contributed by atoms with Crippen LogP contribution < -0.4 is 4.90 Å². The largest absolute Gasteiger partial charge is 0.387 e. The van der Waals surface area contributed by atoms with Crippen LogP contribution in [0.3, 0.4) is 0 Å². The number of nitrogens with zero attached hydrogens (tertiary/aromatic N) is 2. The average Bonchev–Trinajstić information content (AvgIpc) is 2.26. The summed E-state index contributed by atoms with van der Waals surface area (Å²) in [6.07, 6.45) is 0. The van der Waals surface area contributed by atoms with E-state index >= 15 is 0 Å². The molecular weight excluding hydrogens is 180 g/mol. The summed E-state index contributed by atoms with van der Waals surface area (Å²) >= 11 is 0. The number of aliphatic hydroxyl groups excluding tert-OH is 1. The lowest BCUT2D eigenvalue weighted by atomic mass is 10.3. The second-order valence-electron chi connectivity index (χ2n) is 2.63. The van der Waals surface area contributed by atoms with Crippen LogP contribution in [0.4, 0.5) is 5.69 Å². The Morgan fingerprint density at radius 3 is 2.57 bits per heavy atom. The first-order valence-electron chi connectivity index (χ1n) is 4.13. The van der Waals surface area contributed by atoms with Gasteiger partial charge in [-0.3, -0.25) is 9.69 Å². The van der Waals surface area contributed by atoms with Crippen LogP contribution in [0.15, 0.2) is 30.3 Å². The molecule has 0 saturated heterocycles. The van der Waals surface area contributed by atoms with Crippen molar-refractivity contribution in [3.8, 4) is 6.07 Å². The quantitative estimate of drug-likeness (QED) is 0.707. The Morgan fingerprint density at radius 2 is 2.07 bits per heavy atom. The molecule has 0 aliphatic heterocycles. The molecule has 0 aliphatic carbocycles. The van der Waals surface area contributed by atoms with Gasteiger partial charge in [0.15, 0.2) is 0 Å². The number of hydrogen-bond acceptors (Lipinski definition) is 3. The van der Waals surface area contributed by atoms with Crippen LogP contribution in [0.1, 0.15) is 0 Å². The summed E-state index contributed by atoms with van der Waals surface area (Å²) in [5.74, 6) is -0.474. The zero-order valence-corrected chi connectivity index (χ0v) is 7.55. The molecule has 0 heterocycles. The fourth-order valence-electron chi connectivity index (χ4n) is 1.09. The number of para-hydroxylation sites is 1. The number of rotatable bonds is 3. The van der Waals surface area contributed by atoms with E-state index in [4.69, 9.17) is 10.4 Å². The molecule has 0 atom stereocenters. The van der Waals surface area contributed by atoms with E-state index in [0.29, 0.717) is 5.69 Å². The molecule has 1 aromatic rings. The highest BCUT2D eigenvalue weighted by molar-refractivity contribution is 5.94. The van der Waals surface area contributed by atoms with Gasteiger partial charge in [0.1, 0.15) is 13.2 Å². The van der Waals surface area contributed by atoms with Crippen LogP contribution in [-0.4, -0.2) is 24.2 Å². The summed E-state index contributed by atoms with van der Waals surface area (Å²) < 4.78 is 0. The average molecular weight is 190 g/mol. The lowest BCUT2D eigenvalue weighted by molar-refractivity contribution is -0.121. The normalized spacial score (nSPS) is 9.14. The Bertz CT molecular complexity index is 343. The van der Waals surface area contributed by atoms with Crippen molar-refractivity contribution >= 4 is 11.6 Å². The van der Waals surface area contributed by atoms with Crippen LogP contribution >= 0.6 is 0 Å². The van der Waals surface area contributed by atoms with Crippen LogP contribution in [0.2, 0.25) is 0 Å². The van der Waals surface area contributed by atoms with Crippen LogP contribution in [0, 0.1) is 11.3 Å². The van der Waals surface area contributed by atoms with Crippen LogP contribution in [0.5, 0.6) is 0 Å². The first-order chi connectivity index (χ1) is 6.79. The monoisotopic (exact) mass is 190 g/mol. The van der Waals surface area contributed by atoms with E-state index in [2.05, 4.69) is 0 Å². The van der Waals surface area contributed by atoms with Gasteiger partial charge in [0.05, 0.1) is 6.07 Å². The van der Waals surface area contributed by atoms with Crippen LogP contribution in [0.25, 0.3) is 0 Å². The first kappa shape index (κ1) is 10.2. The summed E-state index contributed by atoms with van der Waals surface area (Å²) in [7, 11) is 0. The van der Waals surface area contributed by atoms with Gasteiger partial charge in [0.25, 0.3) is 5.91 Å². The molecule has 0 saturated carbocycles. The van der Waals surface area contributed by atoms with Crippen molar-refractivity contribution in [2.24, 2.45) is 0 Å². The van der Waals surface area contributed by atoms with Crippen molar-refractivity contribution in [2.45, 2.75) is 0 Å². The van der Waals surface area contributed by atoms with Gasteiger partial charge in [-0.25, -0.2) is 0 Å². The molecule has 0 spiro atoms. The molecule has 0 unspecified atom stereocenters. The Morgan fingerprint density at radius 1 is 1.43 bits per heavy atom. The van der Waals surface area contributed by atoms with E-state index in [1.807, 2.05) is 12.1 Å². The maximum absolute atomic E-state index is 11.2. The molecule has 1 rings (SSSR count). The van der Waals surface area contributed by atoms with Crippen molar-refractivity contribution in [1.82, 2.24) is 0 Å². The third-order valence-electron chi connectivity index (χ3n) is 1.73. The highest BCUT2D eigenvalue weighted by atomic mass is 16.3. The molecule has 72 valence electrons. The number of benzene rings is 1. The highest BCUT2D eigenvalue weighted by Crippen LogP contribution is 2.12. The summed E-state index contributed by atoms with van der Waals surface area (Å²) in [6.45, 7) is -0.639. The van der Waals surface area contributed by atoms with Crippen LogP contribution in [-0.2, 0) is 4.79 Å². The third-order valence-corrected chi connectivity index (χ3v) is 1.73. The Balaban J connectivity index is 2.90. The lowest BCUT2D eigenvalue weighted by Crippen LogP contribution is -2.33. The smallest absolute Gasteiger partial charge is 0.253 e. The fraction of sp³-hybridized carbons (Fsp3) is 0.200. The van der Waals surface area contributed by atoms with Crippen molar-refractivity contribution in [1.29, 1.82) is 5.26 Å².